The minimum Gasteiger partial charge on any atom is -0.351 e. The molecule has 154 valence electrons. The Morgan fingerprint density at radius 2 is 2.00 bits per heavy atom. The van der Waals surface area contributed by atoms with Crippen LogP contribution in [0.15, 0.2) is 24.5 Å². The number of halogens is 3. The summed E-state index contributed by atoms with van der Waals surface area (Å²) in [6.45, 7) is 0.485. The average molecular weight is 430 g/mol. The number of fused-ring (bicyclic) bond motifs is 1. The molecule has 1 saturated carbocycles. The number of benzene rings is 1. The van der Waals surface area contributed by atoms with Gasteiger partial charge in [0.05, 0.1) is 22.7 Å². The zero-order valence-corrected chi connectivity index (χ0v) is 16.7. The predicted molar refractivity (Wildman–Crippen MR) is 106 cm³/mol. The predicted octanol–water partition coefficient (Wildman–Crippen LogP) is 3.59. The average Bonchev–Trinajstić information content (AvgIpc) is 3.06. The highest BCUT2D eigenvalue weighted by atomic mass is 35.5. The molecule has 30 heavy (non-hydrogen) atoms. The number of hydrogen-bond acceptors (Lipinski definition) is 5. The molecule has 5 rings (SSSR count). The van der Waals surface area contributed by atoms with Crippen molar-refractivity contribution >= 4 is 23.5 Å². The van der Waals surface area contributed by atoms with E-state index >= 15 is 0 Å². The molecule has 1 aromatic carbocycles. The second-order valence-corrected chi connectivity index (χ2v) is 8.82. The second-order valence-electron chi connectivity index (χ2n) is 8.39. The molecular weight excluding hydrogens is 412 g/mol. The van der Waals surface area contributed by atoms with Crippen LogP contribution in [0.4, 0.5) is 14.7 Å². The van der Waals surface area contributed by atoms with Crippen LogP contribution < -0.4 is 5.32 Å². The molecule has 1 saturated heterocycles. The molecule has 0 unspecified atom stereocenters. The summed E-state index contributed by atoms with van der Waals surface area (Å²) in [5.41, 5.74) is 2.19. The number of nitrogens with one attached hydrogen (secondary N) is 1. The van der Waals surface area contributed by atoms with Gasteiger partial charge < -0.3 is 10.2 Å². The summed E-state index contributed by atoms with van der Waals surface area (Å²) < 4.78 is 26.6. The molecule has 1 spiro atoms. The van der Waals surface area contributed by atoms with Crippen LogP contribution >= 0.6 is 11.6 Å². The van der Waals surface area contributed by atoms with E-state index in [1.54, 1.807) is 6.07 Å². The maximum absolute atomic E-state index is 13.3. The molecule has 0 bridgehead atoms. The van der Waals surface area contributed by atoms with Gasteiger partial charge in [-0.2, -0.15) is 5.26 Å². The largest absolute Gasteiger partial charge is 0.351 e. The molecule has 2 fully saturated rings. The van der Waals surface area contributed by atoms with E-state index in [1.165, 1.54) is 17.3 Å². The van der Waals surface area contributed by atoms with Crippen LogP contribution in [0.1, 0.15) is 46.3 Å². The number of carbonyl (C=O) groups excluding carboxylic acids is 1. The second kappa shape index (κ2) is 6.61. The first-order valence-electron chi connectivity index (χ1n) is 9.78. The fourth-order valence-electron chi connectivity index (χ4n) is 4.89. The first kappa shape index (κ1) is 19.2. The smallest absolute Gasteiger partial charge is 0.257 e. The van der Waals surface area contributed by atoms with Gasteiger partial charge in [-0.25, -0.2) is 18.7 Å². The van der Waals surface area contributed by atoms with E-state index in [0.717, 1.165) is 11.1 Å². The number of nitrogens with zero attached hydrogens (tertiary/aromatic N) is 4. The molecular formula is C21H18ClF2N5O. The number of alkyl halides is 2. The number of rotatable bonds is 3. The van der Waals surface area contributed by atoms with Crippen LogP contribution in [-0.2, 0) is 12.8 Å². The van der Waals surface area contributed by atoms with Gasteiger partial charge in [-0.15, -0.1) is 0 Å². The lowest BCUT2D eigenvalue weighted by atomic mass is 9.65. The Kier molecular flexibility index (Phi) is 4.23. The molecule has 1 aromatic heterocycles. The summed E-state index contributed by atoms with van der Waals surface area (Å²) in [5, 5.41) is 13.1. The Morgan fingerprint density at radius 1 is 1.27 bits per heavy atom. The van der Waals surface area contributed by atoms with Crippen molar-refractivity contribution < 1.29 is 13.6 Å². The van der Waals surface area contributed by atoms with Crippen molar-refractivity contribution in [2.24, 2.45) is 0 Å². The quantitative estimate of drug-likeness (QED) is 0.806. The van der Waals surface area contributed by atoms with E-state index in [4.69, 9.17) is 11.6 Å². The Hall–Kier alpha value is -2.79. The molecule has 2 aromatic rings. The molecule has 0 radical (unpaired) electrons. The van der Waals surface area contributed by atoms with Gasteiger partial charge in [-0.3, -0.25) is 4.79 Å². The van der Waals surface area contributed by atoms with Crippen molar-refractivity contribution in [3.05, 3.63) is 51.8 Å². The van der Waals surface area contributed by atoms with Crippen molar-refractivity contribution in [3.63, 3.8) is 0 Å². The Balaban J connectivity index is 1.24. The number of likely N-dealkylation sites (tertiary alicyclic amines) is 1. The topological polar surface area (TPSA) is 81.9 Å². The van der Waals surface area contributed by atoms with E-state index in [0.29, 0.717) is 47.9 Å². The molecule has 2 heterocycles. The highest BCUT2D eigenvalue weighted by Gasteiger charge is 2.64. The molecule has 2 aliphatic carbocycles. The Morgan fingerprint density at radius 3 is 2.60 bits per heavy atom. The minimum absolute atomic E-state index is 0.0166. The van der Waals surface area contributed by atoms with Gasteiger partial charge in [0.25, 0.3) is 11.8 Å². The summed E-state index contributed by atoms with van der Waals surface area (Å²) in [7, 11) is 0. The van der Waals surface area contributed by atoms with E-state index in [2.05, 4.69) is 21.4 Å². The van der Waals surface area contributed by atoms with Crippen LogP contribution in [-0.4, -0.2) is 44.8 Å². The number of anilines is 1. The summed E-state index contributed by atoms with van der Waals surface area (Å²) in [4.78, 5) is 22.7. The fraction of sp³-hybridized carbons (Fsp3) is 0.429. The van der Waals surface area contributed by atoms with Gasteiger partial charge in [0.2, 0.25) is 5.95 Å². The van der Waals surface area contributed by atoms with E-state index in [1.807, 2.05) is 6.07 Å². The van der Waals surface area contributed by atoms with Gasteiger partial charge in [0.15, 0.2) is 0 Å². The molecule has 1 aliphatic heterocycles. The van der Waals surface area contributed by atoms with Crippen LogP contribution in [0.2, 0.25) is 5.02 Å². The number of aromatic nitrogens is 2. The monoisotopic (exact) mass is 429 g/mol. The number of amides is 1. The van der Waals surface area contributed by atoms with Crippen molar-refractivity contribution in [1.29, 1.82) is 5.26 Å². The van der Waals surface area contributed by atoms with Crippen molar-refractivity contribution in [2.45, 2.75) is 49.6 Å². The Labute approximate surface area is 176 Å². The minimum atomic E-state index is -2.67. The van der Waals surface area contributed by atoms with E-state index < -0.39 is 11.5 Å². The van der Waals surface area contributed by atoms with E-state index in [9.17, 15) is 18.8 Å². The number of nitriles is 1. The molecule has 1 N–H and O–H groups in total. The van der Waals surface area contributed by atoms with Gasteiger partial charge in [0, 0.05) is 42.8 Å². The van der Waals surface area contributed by atoms with Gasteiger partial charge in [-0.1, -0.05) is 11.6 Å². The third-order valence-corrected chi connectivity index (χ3v) is 6.59. The Bertz CT molecular complexity index is 1070. The summed E-state index contributed by atoms with van der Waals surface area (Å²) >= 11 is 6.08. The normalized spacial score (nSPS) is 22.6. The highest BCUT2D eigenvalue weighted by Crippen LogP contribution is 2.55. The van der Waals surface area contributed by atoms with Crippen LogP contribution in [0, 0.1) is 11.3 Å². The van der Waals surface area contributed by atoms with Crippen LogP contribution in [0.25, 0.3) is 0 Å². The number of carbonyl (C=O) groups is 1. The van der Waals surface area contributed by atoms with Crippen molar-refractivity contribution in [1.82, 2.24) is 14.9 Å². The SMILES string of the molecule is N#Cc1cc(Cl)cc2c1C[C@@H](Nc1ncc(C(=O)N3CCC34CC(F)(F)C4)cn1)C2. The first-order valence-corrected chi connectivity index (χ1v) is 10.2. The van der Waals surface area contributed by atoms with Gasteiger partial charge >= 0.3 is 0 Å². The van der Waals surface area contributed by atoms with Gasteiger partial charge in [-0.05, 0) is 42.5 Å². The maximum Gasteiger partial charge on any atom is 0.257 e. The summed E-state index contributed by atoms with van der Waals surface area (Å²) in [5.74, 6) is -2.59. The lowest BCUT2D eigenvalue weighted by molar-refractivity contribution is -0.198. The summed E-state index contributed by atoms with van der Waals surface area (Å²) in [6, 6.07) is 5.74. The maximum atomic E-state index is 13.3. The summed E-state index contributed by atoms with van der Waals surface area (Å²) in [6.07, 6.45) is 4.31. The zero-order chi connectivity index (χ0) is 21.1. The van der Waals surface area contributed by atoms with Crippen LogP contribution in [0.5, 0.6) is 0 Å². The van der Waals surface area contributed by atoms with Crippen molar-refractivity contribution in [3.8, 4) is 6.07 Å². The standard InChI is InChI=1S/C21H18ClF2N5O/c22-15-3-12-5-16(6-17(12)13(4-15)7-25)28-19-26-8-14(9-27-19)18(30)29-2-1-20(29)10-21(23,24)11-20/h3-4,8-9,16H,1-2,5-6,10-11H2,(H,26,27,28)/t16-/m0/s1. The molecule has 3 aliphatic rings. The fourth-order valence-corrected chi connectivity index (χ4v) is 5.13. The van der Waals surface area contributed by atoms with E-state index in [-0.39, 0.29) is 24.8 Å². The zero-order valence-electron chi connectivity index (χ0n) is 16.0. The first-order chi connectivity index (χ1) is 14.3. The highest BCUT2D eigenvalue weighted by molar-refractivity contribution is 6.30. The van der Waals surface area contributed by atoms with Crippen LogP contribution in [0.3, 0.4) is 0 Å². The van der Waals surface area contributed by atoms with Gasteiger partial charge in [0.1, 0.15) is 0 Å². The third kappa shape index (κ3) is 3.08. The third-order valence-electron chi connectivity index (χ3n) is 6.37. The lowest BCUT2D eigenvalue weighted by Gasteiger charge is -2.60. The molecule has 9 heteroatoms. The molecule has 1 atom stereocenters. The lowest BCUT2D eigenvalue weighted by Crippen LogP contribution is -2.71. The molecule has 1 amide bonds. The van der Waals surface area contributed by atoms with Crippen molar-refractivity contribution in [2.75, 3.05) is 11.9 Å². The number of hydrogen-bond donors (Lipinski definition) is 1. The molecule has 6 nitrogen and oxygen atoms in total.